The number of amides is 1. The molecule has 1 aliphatic heterocycles. The van der Waals surface area contributed by atoms with Crippen LogP contribution in [-0.2, 0) is 4.79 Å². The molecule has 0 aromatic heterocycles. The molecule has 5 aliphatic carbocycles. The molecule has 0 radical (unpaired) electrons. The van der Waals surface area contributed by atoms with Crippen molar-refractivity contribution < 1.29 is 24.6 Å². The number of carbonyl (C=O) groups is 3. The second kappa shape index (κ2) is 13.2. The number of fused-ring (bicyclic) bond motifs is 7. The number of nitrogens with one attached hydrogen (secondary N) is 1. The van der Waals surface area contributed by atoms with Gasteiger partial charge < -0.3 is 20.4 Å². The van der Waals surface area contributed by atoms with E-state index in [2.05, 4.69) is 64.8 Å². The molecule has 3 N–H and O–H groups in total. The molecule has 0 spiro atoms. The average molecular weight is 733 g/mol. The average Bonchev–Trinajstić information content (AvgIpc) is 3.38. The van der Waals surface area contributed by atoms with Crippen LogP contribution in [0.1, 0.15) is 139 Å². The Morgan fingerprint density at radius 1 is 0.827 bits per heavy atom. The fourth-order valence-electron chi connectivity index (χ4n) is 14.3. The van der Waals surface area contributed by atoms with E-state index in [1.165, 1.54) is 49.9 Å². The Morgan fingerprint density at radius 3 is 2.21 bits per heavy atom. The van der Waals surface area contributed by atoms with Crippen molar-refractivity contribution in [3.8, 4) is 0 Å². The summed E-state index contributed by atoms with van der Waals surface area (Å²) >= 11 is 2.05. The number of hydrogen-bond donors (Lipinski definition) is 3. The summed E-state index contributed by atoms with van der Waals surface area (Å²) in [5.41, 5.74) is 1.75. The van der Waals surface area contributed by atoms with Crippen LogP contribution >= 0.6 is 11.8 Å². The molecule has 5 fully saturated rings. The molecule has 1 aromatic carbocycles. The second-order valence-electron chi connectivity index (χ2n) is 19.8. The van der Waals surface area contributed by atoms with Crippen LogP contribution in [0.2, 0.25) is 0 Å². The quantitative estimate of drug-likeness (QED) is 0.229. The monoisotopic (exact) mass is 732 g/mol. The summed E-state index contributed by atoms with van der Waals surface area (Å²) in [6, 6.07) is 4.87. The topological polar surface area (TPSA) is 107 Å². The molecule has 1 amide bonds. The van der Waals surface area contributed by atoms with Crippen LogP contribution in [0.25, 0.3) is 5.57 Å². The van der Waals surface area contributed by atoms with E-state index in [1.54, 1.807) is 6.07 Å². The van der Waals surface area contributed by atoms with Gasteiger partial charge in [-0.25, -0.2) is 9.59 Å². The van der Waals surface area contributed by atoms with Gasteiger partial charge in [-0.15, -0.1) is 0 Å². The minimum Gasteiger partial charge on any atom is -0.478 e. The van der Waals surface area contributed by atoms with Gasteiger partial charge in [0.05, 0.1) is 16.5 Å². The number of carboxylic acids is 2. The third-order valence-electron chi connectivity index (χ3n) is 16.9. The molecule has 1 heterocycles. The maximum atomic E-state index is 14.5. The molecule has 1 saturated heterocycles. The largest absolute Gasteiger partial charge is 0.478 e. The number of carbonyl (C=O) groups excluding carboxylic acids is 1. The number of benzene rings is 1. The van der Waals surface area contributed by atoms with Crippen LogP contribution < -0.4 is 5.32 Å². The Balaban J connectivity index is 1.14. The number of aromatic carboxylic acids is 2. The van der Waals surface area contributed by atoms with Crippen molar-refractivity contribution in [3.63, 3.8) is 0 Å². The molecule has 7 nitrogen and oxygen atoms in total. The summed E-state index contributed by atoms with van der Waals surface area (Å²) in [4.78, 5) is 40.9. The van der Waals surface area contributed by atoms with Crippen LogP contribution in [0.3, 0.4) is 0 Å². The maximum absolute atomic E-state index is 14.5. The summed E-state index contributed by atoms with van der Waals surface area (Å²) in [5.74, 6) is 2.27. The zero-order valence-corrected chi connectivity index (χ0v) is 33.7. The van der Waals surface area contributed by atoms with E-state index in [9.17, 15) is 24.6 Å². The standard InChI is InChI=1S/C44H64N2O5S/c1-39(2)17-19-44(38(51)45-21-8-22-46-23-25-52-26-24-46)20-18-42(6)32(35(39)44)11-12-34-41(5)15-13-31(40(3,4)33(41)14-16-43(34,42)7)28-9-10-29(36(47)48)30(27-28)37(49)50/h9-10,13,27,32-35H,8,11-12,14-26H2,1-7H3,(H,45,51)(H,47,48)(H,49,50)/t32?,33?,34?,35?,41?,42-,43?,44?/m1/s1. The fraction of sp³-hybridized carbons (Fsp3) is 0.750. The van der Waals surface area contributed by atoms with Crippen molar-refractivity contribution in [1.82, 2.24) is 10.2 Å². The Labute approximate surface area is 316 Å². The molecule has 6 aliphatic rings. The Hall–Kier alpha value is -2.32. The number of allylic oxidation sites excluding steroid dienone is 2. The maximum Gasteiger partial charge on any atom is 0.336 e. The lowest BCUT2D eigenvalue weighted by molar-refractivity contribution is -0.230. The molecule has 286 valence electrons. The first-order valence-electron chi connectivity index (χ1n) is 20.3. The third kappa shape index (κ3) is 5.64. The SMILES string of the molecule is CC1(C)CCC2(C(=O)NCCCN3CCSCC3)CC[C@]3(C)C(CCC4C5(C)CC=C(c6ccc(C(=O)O)c(C(=O)O)c6)C(C)(C)C5CCC43C)C12. The summed E-state index contributed by atoms with van der Waals surface area (Å²) in [6.45, 7) is 21.6. The van der Waals surface area contributed by atoms with Gasteiger partial charge in [-0.2, -0.15) is 11.8 Å². The number of hydrogen-bond acceptors (Lipinski definition) is 5. The van der Waals surface area contributed by atoms with E-state index in [1.807, 2.05) is 17.8 Å². The van der Waals surface area contributed by atoms with Crippen molar-refractivity contribution >= 4 is 35.2 Å². The van der Waals surface area contributed by atoms with E-state index in [0.717, 1.165) is 69.2 Å². The van der Waals surface area contributed by atoms with E-state index >= 15 is 0 Å². The molecule has 1 aromatic rings. The first kappa shape index (κ1) is 38.0. The van der Waals surface area contributed by atoms with Gasteiger partial charge in [0.1, 0.15) is 0 Å². The lowest BCUT2D eigenvalue weighted by Gasteiger charge is -2.72. The first-order valence-corrected chi connectivity index (χ1v) is 21.5. The molecule has 4 saturated carbocycles. The van der Waals surface area contributed by atoms with Gasteiger partial charge in [0.25, 0.3) is 0 Å². The fourth-order valence-corrected chi connectivity index (χ4v) is 15.3. The normalized spacial score (nSPS) is 39.2. The molecular formula is C44H64N2O5S. The van der Waals surface area contributed by atoms with Crippen molar-refractivity contribution in [1.29, 1.82) is 0 Å². The van der Waals surface area contributed by atoms with E-state index < -0.39 is 11.9 Å². The van der Waals surface area contributed by atoms with Crippen molar-refractivity contribution in [2.75, 3.05) is 37.7 Å². The highest BCUT2D eigenvalue weighted by molar-refractivity contribution is 7.99. The van der Waals surface area contributed by atoms with Gasteiger partial charge in [-0.3, -0.25) is 4.79 Å². The lowest BCUT2D eigenvalue weighted by atomic mass is 9.32. The highest BCUT2D eigenvalue weighted by Crippen LogP contribution is 2.78. The van der Waals surface area contributed by atoms with Gasteiger partial charge in [0.2, 0.25) is 5.91 Å². The molecule has 7 rings (SSSR count). The number of carboxylic acid groups (broad SMARTS) is 2. The zero-order chi connectivity index (χ0) is 37.5. The van der Waals surface area contributed by atoms with Crippen LogP contribution in [0.15, 0.2) is 24.3 Å². The number of thioether (sulfide) groups is 1. The van der Waals surface area contributed by atoms with Crippen LogP contribution in [-0.4, -0.2) is 70.6 Å². The highest BCUT2D eigenvalue weighted by Gasteiger charge is 2.72. The van der Waals surface area contributed by atoms with Crippen LogP contribution in [0.4, 0.5) is 0 Å². The molecular weight excluding hydrogens is 669 g/mol. The number of nitrogens with zero attached hydrogens (tertiary/aromatic N) is 1. The Kier molecular flexibility index (Phi) is 9.62. The molecule has 0 bridgehead atoms. The predicted molar refractivity (Wildman–Crippen MR) is 210 cm³/mol. The van der Waals surface area contributed by atoms with Crippen molar-refractivity contribution in [2.24, 2.45) is 56.2 Å². The molecule has 52 heavy (non-hydrogen) atoms. The summed E-state index contributed by atoms with van der Waals surface area (Å²) in [5, 5.41) is 23.1. The molecule has 8 atom stereocenters. The van der Waals surface area contributed by atoms with Crippen molar-refractivity contribution in [2.45, 2.75) is 113 Å². The number of rotatable bonds is 8. The summed E-state index contributed by atoms with van der Waals surface area (Å²) in [7, 11) is 0. The van der Waals surface area contributed by atoms with Gasteiger partial charge in [0, 0.05) is 31.1 Å². The Bertz CT molecular complexity index is 1650. The Morgan fingerprint density at radius 2 is 1.52 bits per heavy atom. The minimum absolute atomic E-state index is 0.0920. The predicted octanol–water partition coefficient (Wildman–Crippen LogP) is 9.12. The lowest BCUT2D eigenvalue weighted by Crippen LogP contribution is -2.66. The third-order valence-corrected chi connectivity index (χ3v) is 17.9. The summed E-state index contributed by atoms with van der Waals surface area (Å²) < 4.78 is 0. The smallest absolute Gasteiger partial charge is 0.336 e. The van der Waals surface area contributed by atoms with E-state index in [-0.39, 0.29) is 43.6 Å². The van der Waals surface area contributed by atoms with Gasteiger partial charge in [-0.1, -0.05) is 60.6 Å². The highest BCUT2D eigenvalue weighted by atomic mass is 32.2. The zero-order valence-electron chi connectivity index (χ0n) is 32.9. The van der Waals surface area contributed by atoms with Gasteiger partial charge >= 0.3 is 11.9 Å². The van der Waals surface area contributed by atoms with Crippen molar-refractivity contribution in [3.05, 3.63) is 41.0 Å². The van der Waals surface area contributed by atoms with Gasteiger partial charge in [-0.05, 0) is 145 Å². The first-order chi connectivity index (χ1) is 24.4. The molecule has 7 unspecified atom stereocenters. The van der Waals surface area contributed by atoms with E-state index in [0.29, 0.717) is 29.6 Å². The van der Waals surface area contributed by atoms with Crippen LogP contribution in [0, 0.1) is 56.2 Å². The molecule has 8 heteroatoms. The minimum atomic E-state index is -1.21. The summed E-state index contributed by atoms with van der Waals surface area (Å²) in [6.07, 6.45) is 13.3. The van der Waals surface area contributed by atoms with E-state index in [4.69, 9.17) is 0 Å². The van der Waals surface area contributed by atoms with Crippen LogP contribution in [0.5, 0.6) is 0 Å². The second-order valence-corrected chi connectivity index (χ2v) is 21.0. The van der Waals surface area contributed by atoms with Gasteiger partial charge in [0.15, 0.2) is 0 Å².